The summed E-state index contributed by atoms with van der Waals surface area (Å²) in [7, 11) is -3.59. The number of sulfonamides is 1. The van der Waals surface area contributed by atoms with Gasteiger partial charge in [0.05, 0.1) is 16.5 Å². The SMILES string of the molecule is CC(CCl)NS(=O)(=O)c1cccc(C#N)c1. The van der Waals surface area contributed by atoms with Crippen LogP contribution in [-0.2, 0) is 10.0 Å². The van der Waals surface area contributed by atoms with Crippen LogP contribution in [0.1, 0.15) is 12.5 Å². The van der Waals surface area contributed by atoms with Crippen molar-refractivity contribution in [2.45, 2.75) is 17.9 Å². The average molecular weight is 259 g/mol. The van der Waals surface area contributed by atoms with Crippen molar-refractivity contribution in [3.63, 3.8) is 0 Å². The minimum Gasteiger partial charge on any atom is -0.207 e. The number of nitrogens with zero attached hydrogens (tertiary/aromatic N) is 1. The Balaban J connectivity index is 3.04. The summed E-state index contributed by atoms with van der Waals surface area (Å²) in [5.41, 5.74) is 0.307. The third kappa shape index (κ3) is 3.20. The molecule has 1 unspecified atom stereocenters. The third-order valence-corrected chi connectivity index (χ3v) is 3.91. The van der Waals surface area contributed by atoms with Crippen molar-refractivity contribution >= 4 is 21.6 Å². The van der Waals surface area contributed by atoms with Gasteiger partial charge in [-0.2, -0.15) is 5.26 Å². The molecule has 4 nitrogen and oxygen atoms in total. The lowest BCUT2D eigenvalue weighted by molar-refractivity contribution is 0.570. The second kappa shape index (κ2) is 5.30. The zero-order valence-electron chi connectivity index (χ0n) is 8.64. The van der Waals surface area contributed by atoms with Gasteiger partial charge in [0.25, 0.3) is 0 Å². The summed E-state index contributed by atoms with van der Waals surface area (Å²) in [4.78, 5) is 0.0727. The van der Waals surface area contributed by atoms with Crippen LogP contribution in [-0.4, -0.2) is 20.3 Å². The maximum Gasteiger partial charge on any atom is 0.240 e. The van der Waals surface area contributed by atoms with Crippen LogP contribution in [0.15, 0.2) is 29.2 Å². The lowest BCUT2D eigenvalue weighted by Gasteiger charge is -2.11. The van der Waals surface area contributed by atoms with Crippen molar-refractivity contribution in [3.8, 4) is 6.07 Å². The number of benzene rings is 1. The highest BCUT2D eigenvalue weighted by Crippen LogP contribution is 2.11. The fraction of sp³-hybridized carbons (Fsp3) is 0.300. The first kappa shape index (κ1) is 13.0. The Morgan fingerprint density at radius 3 is 2.81 bits per heavy atom. The van der Waals surface area contributed by atoms with E-state index in [-0.39, 0.29) is 16.8 Å². The van der Waals surface area contributed by atoms with Crippen LogP contribution < -0.4 is 4.72 Å². The van der Waals surface area contributed by atoms with E-state index in [1.54, 1.807) is 13.0 Å². The van der Waals surface area contributed by atoms with Crippen LogP contribution in [0.4, 0.5) is 0 Å². The first-order valence-electron chi connectivity index (χ1n) is 4.58. The molecule has 1 aromatic carbocycles. The highest BCUT2D eigenvalue weighted by atomic mass is 35.5. The van der Waals surface area contributed by atoms with Gasteiger partial charge >= 0.3 is 0 Å². The van der Waals surface area contributed by atoms with Crippen molar-refractivity contribution < 1.29 is 8.42 Å². The molecule has 0 saturated carbocycles. The monoisotopic (exact) mass is 258 g/mol. The highest BCUT2D eigenvalue weighted by Gasteiger charge is 2.16. The zero-order chi connectivity index (χ0) is 12.2. The lowest BCUT2D eigenvalue weighted by Crippen LogP contribution is -2.33. The molecule has 0 fully saturated rings. The Kier molecular flexibility index (Phi) is 4.30. The van der Waals surface area contributed by atoms with Gasteiger partial charge in [0, 0.05) is 11.9 Å². The van der Waals surface area contributed by atoms with Gasteiger partial charge in [0.1, 0.15) is 0 Å². The molecule has 0 aliphatic carbocycles. The number of rotatable bonds is 4. The van der Waals surface area contributed by atoms with E-state index in [9.17, 15) is 8.42 Å². The molecule has 1 aromatic rings. The number of alkyl halides is 1. The van der Waals surface area contributed by atoms with Gasteiger partial charge in [0.15, 0.2) is 0 Å². The summed E-state index contributed by atoms with van der Waals surface area (Å²) in [5.74, 6) is 0.192. The molecule has 6 heteroatoms. The van der Waals surface area contributed by atoms with Crippen LogP contribution in [0.25, 0.3) is 0 Å². The molecule has 0 heterocycles. The van der Waals surface area contributed by atoms with Crippen LogP contribution in [0.2, 0.25) is 0 Å². The standard InChI is InChI=1S/C10H11ClN2O2S/c1-8(6-11)13-16(14,15)10-4-2-3-9(5-10)7-12/h2-5,8,13H,6H2,1H3. The van der Waals surface area contributed by atoms with Crippen molar-refractivity contribution in [3.05, 3.63) is 29.8 Å². The van der Waals surface area contributed by atoms with Gasteiger partial charge in [0.2, 0.25) is 10.0 Å². The normalized spacial score (nSPS) is 13.1. The highest BCUT2D eigenvalue weighted by molar-refractivity contribution is 7.89. The zero-order valence-corrected chi connectivity index (χ0v) is 10.2. The van der Waals surface area contributed by atoms with E-state index < -0.39 is 10.0 Å². The quantitative estimate of drug-likeness (QED) is 0.832. The summed E-state index contributed by atoms with van der Waals surface area (Å²) in [6, 6.07) is 7.37. The number of hydrogen-bond acceptors (Lipinski definition) is 3. The molecule has 0 radical (unpaired) electrons. The Morgan fingerprint density at radius 2 is 2.25 bits per heavy atom. The number of hydrogen-bond donors (Lipinski definition) is 1. The van der Waals surface area contributed by atoms with E-state index in [1.165, 1.54) is 18.2 Å². The van der Waals surface area contributed by atoms with Crippen molar-refractivity contribution in [2.75, 3.05) is 5.88 Å². The first-order chi connectivity index (χ1) is 7.49. The fourth-order valence-corrected chi connectivity index (χ4v) is 2.55. The average Bonchev–Trinajstić information content (AvgIpc) is 2.28. The van der Waals surface area contributed by atoms with Crippen molar-refractivity contribution in [1.29, 1.82) is 5.26 Å². The largest absolute Gasteiger partial charge is 0.240 e. The minimum absolute atomic E-state index is 0.0727. The van der Waals surface area contributed by atoms with Crippen LogP contribution >= 0.6 is 11.6 Å². The smallest absolute Gasteiger partial charge is 0.207 e. The van der Waals surface area contributed by atoms with E-state index in [0.717, 1.165) is 0 Å². The molecule has 1 atom stereocenters. The van der Waals surface area contributed by atoms with Crippen molar-refractivity contribution in [1.82, 2.24) is 4.72 Å². The third-order valence-electron chi connectivity index (χ3n) is 1.86. The summed E-state index contributed by atoms with van der Waals surface area (Å²) >= 11 is 5.52. The van der Waals surface area contributed by atoms with Crippen LogP contribution in [0.3, 0.4) is 0 Å². The Hall–Kier alpha value is -1.09. The van der Waals surface area contributed by atoms with E-state index in [2.05, 4.69) is 4.72 Å². The minimum atomic E-state index is -3.59. The Bertz CT molecular complexity index is 508. The Morgan fingerprint density at radius 1 is 1.56 bits per heavy atom. The molecule has 0 bridgehead atoms. The second-order valence-corrected chi connectivity index (χ2v) is 5.34. The van der Waals surface area contributed by atoms with Crippen LogP contribution in [0, 0.1) is 11.3 Å². The van der Waals surface area contributed by atoms with Gasteiger partial charge in [-0.3, -0.25) is 0 Å². The molecule has 0 aliphatic rings. The second-order valence-electron chi connectivity index (χ2n) is 3.32. The molecule has 1 rings (SSSR count). The van der Waals surface area contributed by atoms with E-state index >= 15 is 0 Å². The molecule has 0 amide bonds. The molecular weight excluding hydrogens is 248 g/mol. The number of halogens is 1. The van der Waals surface area contributed by atoms with Gasteiger partial charge in [-0.25, -0.2) is 13.1 Å². The van der Waals surface area contributed by atoms with Gasteiger partial charge in [-0.05, 0) is 25.1 Å². The fourth-order valence-electron chi connectivity index (χ4n) is 1.10. The lowest BCUT2D eigenvalue weighted by atomic mass is 10.2. The predicted molar refractivity (Wildman–Crippen MR) is 61.7 cm³/mol. The molecule has 1 N–H and O–H groups in total. The summed E-state index contributed by atoms with van der Waals surface area (Å²) in [6.07, 6.45) is 0. The van der Waals surface area contributed by atoms with E-state index in [4.69, 9.17) is 16.9 Å². The topological polar surface area (TPSA) is 70.0 Å². The summed E-state index contributed by atoms with van der Waals surface area (Å²) in [6.45, 7) is 1.67. The van der Waals surface area contributed by atoms with Gasteiger partial charge in [-0.15, -0.1) is 11.6 Å². The molecule has 16 heavy (non-hydrogen) atoms. The molecule has 0 aliphatic heterocycles. The maximum atomic E-state index is 11.8. The van der Waals surface area contributed by atoms with Gasteiger partial charge < -0.3 is 0 Å². The van der Waals surface area contributed by atoms with E-state index in [0.29, 0.717) is 5.56 Å². The van der Waals surface area contributed by atoms with Crippen LogP contribution in [0.5, 0.6) is 0 Å². The Labute approximate surface area is 99.9 Å². The molecule has 0 aromatic heterocycles. The van der Waals surface area contributed by atoms with Crippen molar-refractivity contribution in [2.24, 2.45) is 0 Å². The maximum absolute atomic E-state index is 11.8. The predicted octanol–water partition coefficient (Wildman–Crippen LogP) is 1.46. The molecular formula is C10H11ClN2O2S. The summed E-state index contributed by atoms with van der Waals surface area (Å²) < 4.78 is 26.0. The molecule has 0 saturated heterocycles. The first-order valence-corrected chi connectivity index (χ1v) is 6.60. The number of nitrogens with one attached hydrogen (secondary N) is 1. The van der Waals surface area contributed by atoms with E-state index in [1.807, 2.05) is 6.07 Å². The van der Waals surface area contributed by atoms with Gasteiger partial charge in [-0.1, -0.05) is 6.07 Å². The number of nitriles is 1. The molecule has 86 valence electrons. The molecule has 0 spiro atoms. The summed E-state index contributed by atoms with van der Waals surface area (Å²) in [5, 5.41) is 8.67.